The third-order valence-corrected chi connectivity index (χ3v) is 3.68. The second-order valence-corrected chi connectivity index (χ2v) is 5.41. The summed E-state index contributed by atoms with van der Waals surface area (Å²) in [6.45, 7) is 3.38. The highest BCUT2D eigenvalue weighted by molar-refractivity contribution is 5.85. The zero-order chi connectivity index (χ0) is 14.4. The van der Waals surface area contributed by atoms with Crippen molar-refractivity contribution in [3.05, 3.63) is 35.4 Å². The molecule has 0 aliphatic carbocycles. The van der Waals surface area contributed by atoms with Gasteiger partial charge < -0.3 is 15.8 Å². The highest BCUT2D eigenvalue weighted by Gasteiger charge is 2.28. The second kappa shape index (κ2) is 9.03. The number of rotatable bonds is 5. The van der Waals surface area contributed by atoms with E-state index in [1.807, 2.05) is 0 Å². The predicted octanol–water partition coefficient (Wildman–Crippen LogP) is 2.49. The Morgan fingerprint density at radius 3 is 2.76 bits per heavy atom. The van der Waals surface area contributed by atoms with Crippen LogP contribution in [-0.4, -0.2) is 25.1 Å². The summed E-state index contributed by atoms with van der Waals surface area (Å²) < 4.78 is 5.88. The molecule has 2 unspecified atom stereocenters. The van der Waals surface area contributed by atoms with Crippen LogP contribution in [-0.2, 0) is 9.53 Å². The van der Waals surface area contributed by atoms with Crippen molar-refractivity contribution >= 4 is 18.3 Å². The van der Waals surface area contributed by atoms with Crippen LogP contribution in [0.25, 0.3) is 0 Å². The summed E-state index contributed by atoms with van der Waals surface area (Å²) in [4.78, 5) is 11.9. The molecule has 1 aliphatic heterocycles. The van der Waals surface area contributed by atoms with E-state index in [0.717, 1.165) is 31.4 Å². The molecule has 0 radical (unpaired) electrons. The number of halogens is 1. The molecule has 21 heavy (non-hydrogen) atoms. The molecule has 2 rings (SSSR count). The molecule has 1 heterocycles. The van der Waals surface area contributed by atoms with Gasteiger partial charge >= 0.3 is 0 Å². The van der Waals surface area contributed by atoms with Crippen molar-refractivity contribution < 1.29 is 9.53 Å². The van der Waals surface area contributed by atoms with Gasteiger partial charge in [0, 0.05) is 13.0 Å². The largest absolute Gasteiger partial charge is 0.371 e. The van der Waals surface area contributed by atoms with Crippen molar-refractivity contribution in [3.8, 4) is 0 Å². The standard InChI is InChI=1S/C16H24N2O2.ClH/c1-12-6-8-13(9-7-12)16-14(4-3-11-20-16)18-15(19)5-2-10-17;/h6-9,14,16H,2-5,10-11,17H2,1H3,(H,18,19);1H. The number of nitrogens with one attached hydrogen (secondary N) is 1. The number of ether oxygens (including phenoxy) is 1. The third-order valence-electron chi connectivity index (χ3n) is 3.68. The summed E-state index contributed by atoms with van der Waals surface area (Å²) in [5.41, 5.74) is 7.81. The van der Waals surface area contributed by atoms with Crippen molar-refractivity contribution in [1.29, 1.82) is 0 Å². The highest BCUT2D eigenvalue weighted by Crippen LogP contribution is 2.28. The molecule has 1 aromatic carbocycles. The van der Waals surface area contributed by atoms with Gasteiger partial charge in [0.25, 0.3) is 0 Å². The predicted molar refractivity (Wildman–Crippen MR) is 86.6 cm³/mol. The van der Waals surface area contributed by atoms with E-state index in [2.05, 4.69) is 36.5 Å². The van der Waals surface area contributed by atoms with E-state index < -0.39 is 0 Å². The zero-order valence-electron chi connectivity index (χ0n) is 12.5. The Bertz CT molecular complexity index is 436. The summed E-state index contributed by atoms with van der Waals surface area (Å²) in [6.07, 6.45) is 3.14. The Balaban J connectivity index is 0.00000220. The van der Waals surface area contributed by atoms with Crippen molar-refractivity contribution in [3.63, 3.8) is 0 Å². The summed E-state index contributed by atoms with van der Waals surface area (Å²) in [5.74, 6) is 0.0723. The topological polar surface area (TPSA) is 64.3 Å². The maximum absolute atomic E-state index is 11.9. The van der Waals surface area contributed by atoms with E-state index in [1.165, 1.54) is 5.56 Å². The van der Waals surface area contributed by atoms with Crippen LogP contribution < -0.4 is 11.1 Å². The molecule has 1 saturated heterocycles. The average Bonchev–Trinajstić information content (AvgIpc) is 2.47. The molecule has 1 amide bonds. The fraction of sp³-hybridized carbons (Fsp3) is 0.562. The molecule has 1 aliphatic rings. The lowest BCUT2D eigenvalue weighted by molar-refractivity contribution is -0.124. The molecule has 1 fully saturated rings. The Kier molecular flexibility index (Phi) is 7.72. The van der Waals surface area contributed by atoms with Gasteiger partial charge in [0.15, 0.2) is 0 Å². The molecule has 5 heteroatoms. The van der Waals surface area contributed by atoms with Crippen molar-refractivity contribution in [2.24, 2.45) is 5.73 Å². The first-order valence-corrected chi connectivity index (χ1v) is 7.38. The molecule has 3 N–H and O–H groups in total. The summed E-state index contributed by atoms with van der Waals surface area (Å²) in [5, 5.41) is 3.10. The van der Waals surface area contributed by atoms with Crippen LogP contribution >= 0.6 is 12.4 Å². The second-order valence-electron chi connectivity index (χ2n) is 5.41. The van der Waals surface area contributed by atoms with Crippen LogP contribution in [0.1, 0.15) is 42.9 Å². The molecule has 2 atom stereocenters. The molecule has 118 valence electrons. The first kappa shape index (κ1) is 18.0. The minimum atomic E-state index is -0.0359. The average molecular weight is 313 g/mol. The first-order valence-electron chi connectivity index (χ1n) is 7.38. The van der Waals surface area contributed by atoms with E-state index in [0.29, 0.717) is 13.0 Å². The molecule has 0 bridgehead atoms. The molecule has 0 saturated carbocycles. The SMILES string of the molecule is Cc1ccc(C2OCCCC2NC(=O)CCCN)cc1.Cl. The van der Waals surface area contributed by atoms with Gasteiger partial charge in [0.1, 0.15) is 6.10 Å². The minimum Gasteiger partial charge on any atom is -0.371 e. The van der Waals surface area contributed by atoms with Gasteiger partial charge in [-0.25, -0.2) is 0 Å². The zero-order valence-corrected chi connectivity index (χ0v) is 13.3. The summed E-state index contributed by atoms with van der Waals surface area (Å²) in [7, 11) is 0. The number of benzene rings is 1. The normalized spacial score (nSPS) is 21.4. The molecule has 0 aromatic heterocycles. The number of carbonyl (C=O) groups is 1. The molecule has 4 nitrogen and oxygen atoms in total. The van der Waals surface area contributed by atoms with Crippen molar-refractivity contribution in [2.45, 2.75) is 44.8 Å². The molecular weight excluding hydrogens is 288 g/mol. The van der Waals surface area contributed by atoms with Gasteiger partial charge in [0.2, 0.25) is 5.91 Å². The number of nitrogens with two attached hydrogens (primary N) is 1. The van der Waals surface area contributed by atoms with E-state index in [1.54, 1.807) is 0 Å². The van der Waals surface area contributed by atoms with Crippen LogP contribution in [0.3, 0.4) is 0 Å². The van der Waals surface area contributed by atoms with E-state index in [-0.39, 0.29) is 30.5 Å². The lowest BCUT2D eigenvalue weighted by Crippen LogP contribution is -2.42. The van der Waals surface area contributed by atoms with E-state index >= 15 is 0 Å². The lowest BCUT2D eigenvalue weighted by Gasteiger charge is -2.32. The van der Waals surface area contributed by atoms with Crippen molar-refractivity contribution in [2.75, 3.05) is 13.2 Å². The van der Waals surface area contributed by atoms with Crippen LogP contribution in [0.2, 0.25) is 0 Å². The quantitative estimate of drug-likeness (QED) is 0.878. The number of carbonyl (C=O) groups excluding carboxylic acids is 1. The fourth-order valence-electron chi connectivity index (χ4n) is 2.56. The Labute approximate surface area is 132 Å². The van der Waals surface area contributed by atoms with E-state index in [9.17, 15) is 4.79 Å². The van der Waals surface area contributed by atoms with Crippen LogP contribution in [0.15, 0.2) is 24.3 Å². The molecule has 1 aromatic rings. The smallest absolute Gasteiger partial charge is 0.220 e. The van der Waals surface area contributed by atoms with Crippen LogP contribution in [0.5, 0.6) is 0 Å². The fourth-order valence-corrected chi connectivity index (χ4v) is 2.56. The first-order chi connectivity index (χ1) is 9.70. The third kappa shape index (κ3) is 5.30. The Hall–Kier alpha value is -1.10. The van der Waals surface area contributed by atoms with Gasteiger partial charge in [-0.3, -0.25) is 4.79 Å². The highest BCUT2D eigenvalue weighted by atomic mass is 35.5. The molecular formula is C16H25ClN2O2. The van der Waals surface area contributed by atoms with E-state index in [4.69, 9.17) is 10.5 Å². The summed E-state index contributed by atoms with van der Waals surface area (Å²) >= 11 is 0. The lowest BCUT2D eigenvalue weighted by atomic mass is 9.95. The summed E-state index contributed by atoms with van der Waals surface area (Å²) in [6, 6.07) is 8.41. The Morgan fingerprint density at radius 1 is 1.38 bits per heavy atom. The van der Waals surface area contributed by atoms with Crippen LogP contribution in [0.4, 0.5) is 0 Å². The number of amides is 1. The van der Waals surface area contributed by atoms with Crippen LogP contribution in [0, 0.1) is 6.92 Å². The monoisotopic (exact) mass is 312 g/mol. The maximum atomic E-state index is 11.9. The van der Waals surface area contributed by atoms with Gasteiger partial charge in [-0.05, 0) is 38.3 Å². The molecule has 0 spiro atoms. The number of hydrogen-bond acceptors (Lipinski definition) is 3. The van der Waals surface area contributed by atoms with Gasteiger partial charge in [-0.15, -0.1) is 12.4 Å². The van der Waals surface area contributed by atoms with Crippen molar-refractivity contribution in [1.82, 2.24) is 5.32 Å². The Morgan fingerprint density at radius 2 is 2.10 bits per heavy atom. The minimum absolute atomic E-state index is 0. The van der Waals surface area contributed by atoms with Gasteiger partial charge in [-0.2, -0.15) is 0 Å². The van der Waals surface area contributed by atoms with Gasteiger partial charge in [-0.1, -0.05) is 29.8 Å². The maximum Gasteiger partial charge on any atom is 0.220 e. The number of aryl methyl sites for hydroxylation is 1. The van der Waals surface area contributed by atoms with Gasteiger partial charge in [0.05, 0.1) is 6.04 Å². The number of hydrogen-bond donors (Lipinski definition) is 2.